The molecule has 0 saturated heterocycles. The van der Waals surface area contributed by atoms with Gasteiger partial charge in [-0.05, 0) is 54.8 Å². The van der Waals surface area contributed by atoms with Crippen molar-refractivity contribution in [2.75, 3.05) is 23.4 Å². The molecule has 0 heterocycles. The molecule has 0 radical (unpaired) electrons. The molecule has 0 fully saturated rings. The molecule has 222 valence electrons. The Kier molecular flexibility index (Phi) is 11.3. The normalized spacial score (nSPS) is 11.4. The number of carboxylic acid groups (broad SMARTS) is 1. The minimum Gasteiger partial charge on any atom is -0.494 e. The summed E-state index contributed by atoms with van der Waals surface area (Å²) in [7, 11) is 0. The van der Waals surface area contributed by atoms with Gasteiger partial charge in [0.05, 0.1) is 17.3 Å². The fourth-order valence-corrected chi connectivity index (χ4v) is 4.95. The number of halogens is 1. The van der Waals surface area contributed by atoms with E-state index >= 15 is 0 Å². The summed E-state index contributed by atoms with van der Waals surface area (Å²) in [5.74, 6) is -0.540. The van der Waals surface area contributed by atoms with E-state index in [0.29, 0.717) is 59.3 Å². The van der Waals surface area contributed by atoms with Gasteiger partial charge in [0.1, 0.15) is 11.8 Å². The molecule has 2 N–H and O–H groups in total. The largest absolute Gasteiger partial charge is 0.494 e. The number of anilines is 2. The van der Waals surface area contributed by atoms with Crippen molar-refractivity contribution in [3.8, 4) is 5.75 Å². The van der Waals surface area contributed by atoms with Crippen molar-refractivity contribution in [2.24, 2.45) is 0 Å². The summed E-state index contributed by atoms with van der Waals surface area (Å²) in [6, 6.07) is 29.4. The Balaban J connectivity index is 1.35. The summed E-state index contributed by atoms with van der Waals surface area (Å²) in [6.45, 7) is 2.84. The number of carbonyl (C=O) groups excluding carboxylic acids is 2. The van der Waals surface area contributed by atoms with E-state index in [9.17, 15) is 19.5 Å². The van der Waals surface area contributed by atoms with Crippen LogP contribution in [-0.4, -0.2) is 42.0 Å². The van der Waals surface area contributed by atoms with E-state index in [1.54, 1.807) is 71.6 Å². The lowest BCUT2D eigenvalue weighted by molar-refractivity contribution is -0.137. The molecule has 1 atom stereocenters. The van der Waals surface area contributed by atoms with Crippen molar-refractivity contribution in [3.05, 3.63) is 125 Å². The van der Waals surface area contributed by atoms with Crippen LogP contribution in [0, 0.1) is 0 Å². The molecule has 1 amide bonds. The number of nitrogens with one attached hydrogen (secondary N) is 1. The minimum atomic E-state index is -1.03. The van der Waals surface area contributed by atoms with Gasteiger partial charge in [0.2, 0.25) is 5.91 Å². The SMILES string of the molecule is CCCC(=O)N(CCCOc1ccc(CC(Nc2ccccc2C(=O)c2ccccc2)C(=O)O)cc1)c1ccccc1Cl. The first-order valence-electron chi connectivity index (χ1n) is 14.3. The van der Waals surface area contributed by atoms with E-state index in [0.717, 1.165) is 12.0 Å². The Morgan fingerprint density at radius 2 is 1.56 bits per heavy atom. The van der Waals surface area contributed by atoms with Crippen LogP contribution in [-0.2, 0) is 16.0 Å². The maximum Gasteiger partial charge on any atom is 0.326 e. The quantitative estimate of drug-likeness (QED) is 0.110. The second kappa shape index (κ2) is 15.6. The average Bonchev–Trinajstić information content (AvgIpc) is 3.02. The molecule has 0 saturated carbocycles. The highest BCUT2D eigenvalue weighted by atomic mass is 35.5. The zero-order valence-electron chi connectivity index (χ0n) is 24.0. The van der Waals surface area contributed by atoms with Gasteiger partial charge < -0.3 is 20.1 Å². The van der Waals surface area contributed by atoms with E-state index in [1.807, 2.05) is 43.3 Å². The Labute approximate surface area is 257 Å². The van der Waals surface area contributed by atoms with Gasteiger partial charge in [-0.1, -0.05) is 85.3 Å². The molecule has 7 nitrogen and oxygen atoms in total. The monoisotopic (exact) mass is 598 g/mol. The molecule has 0 aliphatic heterocycles. The molecule has 0 aliphatic rings. The number of para-hydroxylation sites is 2. The second-order valence-corrected chi connectivity index (χ2v) is 10.5. The number of hydrogen-bond acceptors (Lipinski definition) is 5. The van der Waals surface area contributed by atoms with E-state index in [1.165, 1.54) is 0 Å². The summed E-state index contributed by atoms with van der Waals surface area (Å²) < 4.78 is 5.91. The van der Waals surface area contributed by atoms with Gasteiger partial charge in [0.25, 0.3) is 0 Å². The van der Waals surface area contributed by atoms with Gasteiger partial charge in [0, 0.05) is 36.2 Å². The van der Waals surface area contributed by atoms with Crippen LogP contribution in [0.1, 0.15) is 47.7 Å². The Bertz CT molecular complexity index is 1530. The molecule has 8 heteroatoms. The fourth-order valence-electron chi connectivity index (χ4n) is 4.71. The molecule has 4 aromatic rings. The number of carboxylic acids is 1. The van der Waals surface area contributed by atoms with E-state index < -0.39 is 12.0 Å². The molecular weight excluding hydrogens is 564 g/mol. The number of rotatable bonds is 15. The molecule has 0 spiro atoms. The predicted octanol–water partition coefficient (Wildman–Crippen LogP) is 7.28. The van der Waals surface area contributed by atoms with Gasteiger partial charge in [-0.25, -0.2) is 4.79 Å². The van der Waals surface area contributed by atoms with E-state index in [4.69, 9.17) is 16.3 Å². The maximum atomic E-state index is 13.1. The average molecular weight is 599 g/mol. The molecule has 4 rings (SSSR count). The number of hydrogen-bond donors (Lipinski definition) is 2. The molecule has 1 unspecified atom stereocenters. The lowest BCUT2D eigenvalue weighted by Gasteiger charge is -2.24. The summed E-state index contributed by atoms with van der Waals surface area (Å²) in [5, 5.41) is 13.5. The van der Waals surface area contributed by atoms with E-state index in [-0.39, 0.29) is 18.1 Å². The smallest absolute Gasteiger partial charge is 0.326 e. The number of benzene rings is 4. The maximum absolute atomic E-state index is 13.1. The number of ether oxygens (including phenoxy) is 1. The predicted molar refractivity (Wildman–Crippen MR) is 170 cm³/mol. The van der Waals surface area contributed by atoms with Crippen molar-refractivity contribution in [2.45, 2.75) is 38.6 Å². The van der Waals surface area contributed by atoms with Crippen LogP contribution in [0.2, 0.25) is 5.02 Å². The third-order valence-corrected chi connectivity index (χ3v) is 7.22. The van der Waals surface area contributed by atoms with Crippen molar-refractivity contribution >= 4 is 40.6 Å². The number of nitrogens with zero attached hydrogens (tertiary/aromatic N) is 1. The summed E-state index contributed by atoms with van der Waals surface area (Å²) >= 11 is 6.35. The first-order chi connectivity index (χ1) is 20.9. The van der Waals surface area contributed by atoms with Crippen molar-refractivity contribution in [1.29, 1.82) is 0 Å². The van der Waals surface area contributed by atoms with Crippen LogP contribution in [0.25, 0.3) is 0 Å². The molecule has 0 bridgehead atoms. The summed E-state index contributed by atoms with van der Waals surface area (Å²) in [6.07, 6.45) is 2.00. The first kappa shape index (κ1) is 31.3. The first-order valence-corrected chi connectivity index (χ1v) is 14.7. The Morgan fingerprint density at radius 1 is 0.884 bits per heavy atom. The van der Waals surface area contributed by atoms with Gasteiger partial charge >= 0.3 is 5.97 Å². The highest BCUT2D eigenvalue weighted by Gasteiger charge is 2.22. The Morgan fingerprint density at radius 3 is 2.26 bits per heavy atom. The van der Waals surface area contributed by atoms with Crippen molar-refractivity contribution in [1.82, 2.24) is 0 Å². The van der Waals surface area contributed by atoms with Gasteiger partial charge in [0.15, 0.2) is 5.78 Å². The number of aliphatic carboxylic acids is 1. The summed E-state index contributed by atoms with van der Waals surface area (Å²) in [5.41, 5.74) is 2.90. The highest BCUT2D eigenvalue weighted by molar-refractivity contribution is 6.33. The summed E-state index contributed by atoms with van der Waals surface area (Å²) in [4.78, 5) is 39.7. The van der Waals surface area contributed by atoms with Crippen molar-refractivity contribution < 1.29 is 24.2 Å². The van der Waals surface area contributed by atoms with Crippen LogP contribution in [0.3, 0.4) is 0 Å². The minimum absolute atomic E-state index is 0.0219. The zero-order chi connectivity index (χ0) is 30.6. The van der Waals surface area contributed by atoms with Gasteiger partial charge in [-0.15, -0.1) is 0 Å². The standard InChI is InChI=1S/C35H35ClN2O5/c1-2-11-33(39)38(32-17-9-7-15-29(32)36)22-10-23-43-27-20-18-25(19-21-27)24-31(35(41)42)37-30-16-8-6-14-28(30)34(40)26-12-4-3-5-13-26/h3-9,12-21,31,37H,2,10-11,22-24H2,1H3,(H,41,42). The van der Waals surface area contributed by atoms with Gasteiger partial charge in [-0.3, -0.25) is 9.59 Å². The molecule has 43 heavy (non-hydrogen) atoms. The Hall–Kier alpha value is -4.62. The van der Waals surface area contributed by atoms with Crippen LogP contribution in [0.5, 0.6) is 5.75 Å². The second-order valence-electron chi connectivity index (χ2n) is 10.1. The van der Waals surface area contributed by atoms with Crippen molar-refractivity contribution in [3.63, 3.8) is 0 Å². The fraction of sp³-hybridized carbons (Fsp3) is 0.229. The lowest BCUT2D eigenvalue weighted by atomic mass is 10.00. The topological polar surface area (TPSA) is 95.9 Å². The highest BCUT2D eigenvalue weighted by Crippen LogP contribution is 2.27. The zero-order valence-corrected chi connectivity index (χ0v) is 24.8. The molecule has 4 aromatic carbocycles. The van der Waals surface area contributed by atoms with Gasteiger partial charge in [-0.2, -0.15) is 0 Å². The third kappa shape index (κ3) is 8.69. The number of carbonyl (C=O) groups is 3. The molecule has 0 aliphatic carbocycles. The molecule has 0 aromatic heterocycles. The van der Waals surface area contributed by atoms with Crippen LogP contribution in [0.4, 0.5) is 11.4 Å². The number of ketones is 1. The third-order valence-electron chi connectivity index (χ3n) is 6.90. The van der Waals surface area contributed by atoms with Crippen LogP contribution >= 0.6 is 11.6 Å². The van der Waals surface area contributed by atoms with E-state index in [2.05, 4.69) is 5.32 Å². The molecular formula is C35H35ClN2O5. The lowest BCUT2D eigenvalue weighted by Crippen LogP contribution is -2.32. The van der Waals surface area contributed by atoms with Crippen LogP contribution < -0.4 is 15.0 Å². The van der Waals surface area contributed by atoms with Crippen LogP contribution in [0.15, 0.2) is 103 Å². The number of amides is 1.